The van der Waals surface area contributed by atoms with Gasteiger partial charge in [-0.1, -0.05) is 39.8 Å². The second-order valence-electron chi connectivity index (χ2n) is 11.2. The van der Waals surface area contributed by atoms with Crippen LogP contribution in [0.25, 0.3) is 5.57 Å². The lowest BCUT2D eigenvalue weighted by Crippen LogP contribution is -2.48. The van der Waals surface area contributed by atoms with Crippen molar-refractivity contribution in [3.63, 3.8) is 0 Å². The molecule has 0 amide bonds. The minimum absolute atomic E-state index is 0.0723. The van der Waals surface area contributed by atoms with Crippen LogP contribution in [0.3, 0.4) is 0 Å². The Kier molecular flexibility index (Phi) is 6.28. The van der Waals surface area contributed by atoms with Crippen molar-refractivity contribution in [3.05, 3.63) is 35.7 Å². The number of hydrogen-bond donors (Lipinski definition) is 0. The van der Waals surface area contributed by atoms with Crippen LogP contribution in [0.2, 0.25) is 0 Å². The van der Waals surface area contributed by atoms with Crippen molar-refractivity contribution in [2.24, 2.45) is 16.7 Å². The molecular formula is C26H39FN2O. The Morgan fingerprint density at radius 3 is 2.40 bits per heavy atom. The van der Waals surface area contributed by atoms with Crippen molar-refractivity contribution in [1.82, 2.24) is 4.90 Å². The van der Waals surface area contributed by atoms with Crippen LogP contribution >= 0.6 is 0 Å². The van der Waals surface area contributed by atoms with Gasteiger partial charge in [0.25, 0.3) is 0 Å². The van der Waals surface area contributed by atoms with Crippen molar-refractivity contribution < 1.29 is 9.13 Å². The second kappa shape index (κ2) is 8.63. The number of piperazine rings is 1. The molecule has 0 radical (unpaired) electrons. The Morgan fingerprint density at radius 2 is 1.73 bits per heavy atom. The minimum Gasteiger partial charge on any atom is -0.381 e. The number of anilines is 1. The third-order valence-electron chi connectivity index (χ3n) is 7.05. The number of benzene rings is 1. The first-order valence-electron chi connectivity index (χ1n) is 11.8. The molecule has 3 nitrogen and oxygen atoms in total. The summed E-state index contributed by atoms with van der Waals surface area (Å²) in [4.78, 5) is 5.01. The lowest BCUT2D eigenvalue weighted by Gasteiger charge is -2.42. The molecule has 4 rings (SSSR count). The molecule has 0 saturated carbocycles. The normalized spacial score (nSPS) is 25.2. The zero-order valence-electron chi connectivity index (χ0n) is 19.3. The molecule has 0 unspecified atom stereocenters. The molecule has 4 heteroatoms. The highest BCUT2D eigenvalue weighted by Gasteiger charge is 2.35. The largest absolute Gasteiger partial charge is 0.381 e. The van der Waals surface area contributed by atoms with E-state index < -0.39 is 0 Å². The number of allylic oxidation sites excluding steroid dienone is 2. The van der Waals surface area contributed by atoms with Gasteiger partial charge in [0.15, 0.2) is 0 Å². The molecule has 166 valence electrons. The topological polar surface area (TPSA) is 15.7 Å². The van der Waals surface area contributed by atoms with E-state index in [2.05, 4.69) is 49.6 Å². The summed E-state index contributed by atoms with van der Waals surface area (Å²) >= 11 is 0. The fraction of sp³-hybridized carbons (Fsp3) is 0.692. The van der Waals surface area contributed by atoms with Gasteiger partial charge in [-0.25, -0.2) is 4.39 Å². The van der Waals surface area contributed by atoms with Crippen molar-refractivity contribution in [2.45, 2.75) is 53.4 Å². The van der Waals surface area contributed by atoms with Crippen LogP contribution in [-0.2, 0) is 4.74 Å². The molecule has 0 bridgehead atoms. The van der Waals surface area contributed by atoms with E-state index in [0.717, 1.165) is 69.4 Å². The summed E-state index contributed by atoms with van der Waals surface area (Å²) in [5.74, 6) is 0.698. The molecule has 3 aliphatic rings. The predicted octanol–water partition coefficient (Wildman–Crippen LogP) is 5.60. The molecule has 0 aromatic heterocycles. The summed E-state index contributed by atoms with van der Waals surface area (Å²) in [6, 6.07) is 5.64. The first-order valence-corrected chi connectivity index (χ1v) is 11.8. The number of nitrogens with zero attached hydrogens (tertiary/aromatic N) is 2. The van der Waals surface area contributed by atoms with E-state index in [4.69, 9.17) is 4.74 Å². The van der Waals surface area contributed by atoms with Gasteiger partial charge in [-0.2, -0.15) is 0 Å². The fourth-order valence-corrected chi connectivity index (χ4v) is 6.11. The summed E-state index contributed by atoms with van der Waals surface area (Å²) in [5, 5.41) is 0. The maximum absolute atomic E-state index is 15.2. The number of ether oxygens (including phenoxy) is 1. The van der Waals surface area contributed by atoms with Crippen LogP contribution in [0.1, 0.15) is 58.9 Å². The van der Waals surface area contributed by atoms with Gasteiger partial charge in [0.2, 0.25) is 0 Å². The van der Waals surface area contributed by atoms with Crippen LogP contribution in [0, 0.1) is 22.6 Å². The van der Waals surface area contributed by atoms with Crippen LogP contribution in [0.15, 0.2) is 24.3 Å². The standard InChI is InChI=1S/C26H39FN2O/c1-25(2)16-21(17-26(3,4)19-25)24-22(27)6-5-7-23(24)29-12-10-28(11-13-29)18-20-8-14-30-15-9-20/h5-7,16,20H,8-15,17-19H2,1-4H3. The van der Waals surface area contributed by atoms with E-state index in [1.165, 1.54) is 25.0 Å². The van der Waals surface area contributed by atoms with Gasteiger partial charge in [0.05, 0.1) is 0 Å². The first-order chi connectivity index (χ1) is 14.2. The van der Waals surface area contributed by atoms with E-state index in [-0.39, 0.29) is 16.6 Å². The third kappa shape index (κ3) is 5.08. The summed E-state index contributed by atoms with van der Waals surface area (Å²) in [7, 11) is 0. The maximum Gasteiger partial charge on any atom is 0.132 e. The Morgan fingerprint density at radius 1 is 1.03 bits per heavy atom. The van der Waals surface area contributed by atoms with Gasteiger partial charge in [0, 0.05) is 57.2 Å². The quantitative estimate of drug-likeness (QED) is 0.637. The average molecular weight is 415 g/mol. The van der Waals surface area contributed by atoms with Gasteiger partial charge in [-0.15, -0.1) is 0 Å². The molecule has 2 saturated heterocycles. The van der Waals surface area contributed by atoms with Crippen LogP contribution in [-0.4, -0.2) is 50.8 Å². The molecule has 0 atom stereocenters. The molecule has 0 N–H and O–H groups in total. The lowest BCUT2D eigenvalue weighted by atomic mass is 9.65. The fourth-order valence-electron chi connectivity index (χ4n) is 6.11. The smallest absolute Gasteiger partial charge is 0.132 e. The van der Waals surface area contributed by atoms with E-state index in [9.17, 15) is 0 Å². The van der Waals surface area contributed by atoms with Crippen LogP contribution < -0.4 is 4.90 Å². The van der Waals surface area contributed by atoms with Crippen LogP contribution in [0.5, 0.6) is 0 Å². The molecule has 2 fully saturated rings. The SMILES string of the molecule is CC1(C)C=C(c2c(F)cccc2N2CCN(CC3CCOCC3)CC2)CC(C)(C)C1. The lowest BCUT2D eigenvalue weighted by molar-refractivity contribution is 0.0517. The summed E-state index contributed by atoms with van der Waals surface area (Å²) in [6.45, 7) is 16.3. The van der Waals surface area contributed by atoms with E-state index in [1.807, 2.05) is 6.07 Å². The van der Waals surface area contributed by atoms with Crippen molar-refractivity contribution in [1.29, 1.82) is 0 Å². The molecule has 2 heterocycles. The molecule has 30 heavy (non-hydrogen) atoms. The van der Waals surface area contributed by atoms with Gasteiger partial charge >= 0.3 is 0 Å². The van der Waals surface area contributed by atoms with E-state index in [1.54, 1.807) is 6.07 Å². The molecule has 0 spiro atoms. The summed E-state index contributed by atoms with van der Waals surface area (Å²) in [6.07, 6.45) is 6.79. The zero-order valence-corrected chi connectivity index (χ0v) is 19.3. The first kappa shape index (κ1) is 21.8. The summed E-state index contributed by atoms with van der Waals surface area (Å²) in [5.41, 5.74) is 3.40. The Hall–Kier alpha value is -1.39. The molecule has 1 aliphatic carbocycles. The van der Waals surface area contributed by atoms with Crippen molar-refractivity contribution >= 4 is 11.3 Å². The van der Waals surface area contributed by atoms with Crippen molar-refractivity contribution in [3.8, 4) is 0 Å². The van der Waals surface area contributed by atoms with Gasteiger partial charge in [-0.3, -0.25) is 4.90 Å². The Balaban J connectivity index is 1.51. The minimum atomic E-state index is -0.0723. The summed E-state index contributed by atoms with van der Waals surface area (Å²) < 4.78 is 20.7. The number of hydrogen-bond acceptors (Lipinski definition) is 3. The number of halogens is 1. The van der Waals surface area contributed by atoms with Gasteiger partial charge in [0.1, 0.15) is 5.82 Å². The van der Waals surface area contributed by atoms with Crippen LogP contribution in [0.4, 0.5) is 10.1 Å². The second-order valence-corrected chi connectivity index (χ2v) is 11.2. The monoisotopic (exact) mass is 414 g/mol. The number of rotatable bonds is 4. The average Bonchev–Trinajstić information content (AvgIpc) is 2.67. The Bertz CT molecular complexity index is 771. The predicted molar refractivity (Wildman–Crippen MR) is 123 cm³/mol. The highest BCUT2D eigenvalue weighted by atomic mass is 19.1. The molecule has 1 aromatic carbocycles. The highest BCUT2D eigenvalue weighted by Crippen LogP contribution is 2.49. The molecular weight excluding hydrogens is 375 g/mol. The highest BCUT2D eigenvalue weighted by molar-refractivity contribution is 5.79. The van der Waals surface area contributed by atoms with E-state index >= 15 is 4.39 Å². The van der Waals surface area contributed by atoms with E-state index in [0.29, 0.717) is 0 Å². The van der Waals surface area contributed by atoms with Gasteiger partial charge < -0.3 is 9.64 Å². The Labute approximate surface area is 182 Å². The molecule has 1 aromatic rings. The molecule has 2 aliphatic heterocycles. The third-order valence-corrected chi connectivity index (χ3v) is 7.05. The van der Waals surface area contributed by atoms with Crippen molar-refractivity contribution in [2.75, 3.05) is 50.8 Å². The maximum atomic E-state index is 15.2. The van der Waals surface area contributed by atoms with Gasteiger partial charge in [-0.05, 0) is 60.1 Å². The zero-order chi connectivity index (χ0) is 21.4.